The number of hydrogen-bond acceptors (Lipinski definition) is 4. The van der Waals surface area contributed by atoms with Gasteiger partial charge < -0.3 is 9.47 Å². The molecule has 0 amide bonds. The predicted molar refractivity (Wildman–Crippen MR) is 63.3 cm³/mol. The highest BCUT2D eigenvalue weighted by Gasteiger charge is 2.12. The van der Waals surface area contributed by atoms with Crippen molar-refractivity contribution >= 4 is 29.2 Å². The summed E-state index contributed by atoms with van der Waals surface area (Å²) in [5, 5.41) is 9.38. The van der Waals surface area contributed by atoms with Crippen LogP contribution in [0.5, 0.6) is 5.75 Å². The summed E-state index contributed by atoms with van der Waals surface area (Å²) >= 11 is 11.6. The zero-order chi connectivity index (χ0) is 12.8. The number of carbonyl (C=O) groups excluding carboxylic acids is 1. The number of hydrogen-bond donors (Lipinski definition) is 0. The minimum atomic E-state index is -0.526. The minimum absolute atomic E-state index is 0.131. The molecule has 0 saturated carbocycles. The third-order valence-electron chi connectivity index (χ3n) is 1.77. The number of benzene rings is 1. The van der Waals surface area contributed by atoms with E-state index in [-0.39, 0.29) is 29.5 Å². The first kappa shape index (κ1) is 13.6. The summed E-state index contributed by atoms with van der Waals surface area (Å²) in [5.74, 6) is -0.394. The second kappa shape index (κ2) is 6.33. The van der Waals surface area contributed by atoms with E-state index in [0.29, 0.717) is 5.02 Å². The molecule has 1 aromatic rings. The van der Waals surface area contributed by atoms with Crippen molar-refractivity contribution in [3.63, 3.8) is 0 Å². The molecule has 17 heavy (non-hydrogen) atoms. The molecule has 1 aromatic carbocycles. The maximum Gasteiger partial charge on any atom is 0.344 e. The third kappa shape index (κ3) is 3.81. The molecule has 0 heterocycles. The Bertz CT molecular complexity index is 469. The van der Waals surface area contributed by atoms with E-state index < -0.39 is 5.97 Å². The molecule has 0 atom stereocenters. The van der Waals surface area contributed by atoms with Gasteiger partial charge in [0, 0.05) is 5.02 Å². The van der Waals surface area contributed by atoms with Gasteiger partial charge in [-0.15, -0.1) is 0 Å². The van der Waals surface area contributed by atoms with Gasteiger partial charge in [0.2, 0.25) is 0 Å². The van der Waals surface area contributed by atoms with Gasteiger partial charge in [0.1, 0.15) is 6.07 Å². The average Bonchev–Trinajstić information content (AvgIpc) is 2.27. The molecule has 0 unspecified atom stereocenters. The smallest absolute Gasteiger partial charge is 0.344 e. The molecular weight excluding hydrogens is 265 g/mol. The number of ether oxygens (including phenoxy) is 2. The lowest BCUT2D eigenvalue weighted by molar-refractivity contribution is -0.145. The van der Waals surface area contributed by atoms with Crippen LogP contribution in [-0.4, -0.2) is 19.2 Å². The first-order valence-electron chi connectivity index (χ1n) is 4.76. The number of nitriles is 1. The largest absolute Gasteiger partial charge is 0.479 e. The van der Waals surface area contributed by atoms with E-state index >= 15 is 0 Å². The lowest BCUT2D eigenvalue weighted by Crippen LogP contribution is -2.15. The van der Waals surface area contributed by atoms with Crippen LogP contribution in [0.15, 0.2) is 12.1 Å². The molecule has 0 bridgehead atoms. The SMILES string of the molecule is CCOC(=O)COc1c(Cl)cc(Cl)cc1C#N. The lowest BCUT2D eigenvalue weighted by Gasteiger charge is -2.09. The molecule has 1 rings (SSSR count). The Hall–Kier alpha value is -1.44. The molecule has 90 valence electrons. The van der Waals surface area contributed by atoms with Crippen LogP contribution in [0.1, 0.15) is 12.5 Å². The van der Waals surface area contributed by atoms with Gasteiger partial charge in [-0.1, -0.05) is 23.2 Å². The third-order valence-corrected chi connectivity index (χ3v) is 2.27. The summed E-state index contributed by atoms with van der Waals surface area (Å²) < 4.78 is 9.83. The van der Waals surface area contributed by atoms with Crippen molar-refractivity contribution < 1.29 is 14.3 Å². The summed E-state index contributed by atoms with van der Waals surface area (Å²) in [6.07, 6.45) is 0. The van der Waals surface area contributed by atoms with Gasteiger partial charge in [0.25, 0.3) is 0 Å². The first-order valence-corrected chi connectivity index (χ1v) is 5.51. The zero-order valence-corrected chi connectivity index (χ0v) is 10.5. The molecule has 4 nitrogen and oxygen atoms in total. The summed E-state index contributed by atoms with van der Waals surface area (Å²) in [6, 6.07) is 4.73. The highest BCUT2D eigenvalue weighted by atomic mass is 35.5. The van der Waals surface area contributed by atoms with Crippen molar-refractivity contribution in [2.45, 2.75) is 6.92 Å². The molecule has 0 aliphatic carbocycles. The molecule has 0 radical (unpaired) electrons. The number of esters is 1. The number of rotatable bonds is 4. The second-order valence-corrected chi connectivity index (χ2v) is 3.81. The highest BCUT2D eigenvalue weighted by molar-refractivity contribution is 6.35. The van der Waals surface area contributed by atoms with Gasteiger partial charge in [0.05, 0.1) is 17.2 Å². The topological polar surface area (TPSA) is 59.3 Å². The van der Waals surface area contributed by atoms with E-state index in [1.165, 1.54) is 12.1 Å². The maximum absolute atomic E-state index is 11.1. The van der Waals surface area contributed by atoms with E-state index in [1.54, 1.807) is 6.92 Å². The monoisotopic (exact) mass is 273 g/mol. The molecule has 0 saturated heterocycles. The molecule has 0 aromatic heterocycles. The number of halogens is 2. The Morgan fingerprint density at radius 1 is 1.47 bits per heavy atom. The van der Waals surface area contributed by atoms with Crippen LogP contribution in [0.3, 0.4) is 0 Å². The Balaban J connectivity index is 2.84. The average molecular weight is 274 g/mol. The number of nitrogens with zero attached hydrogens (tertiary/aromatic N) is 1. The van der Waals surface area contributed by atoms with Crippen LogP contribution in [-0.2, 0) is 9.53 Å². The normalized spacial score (nSPS) is 9.53. The molecule has 6 heteroatoms. The van der Waals surface area contributed by atoms with E-state index in [9.17, 15) is 4.79 Å². The van der Waals surface area contributed by atoms with E-state index in [2.05, 4.69) is 4.74 Å². The van der Waals surface area contributed by atoms with Crippen LogP contribution in [0.2, 0.25) is 10.0 Å². The van der Waals surface area contributed by atoms with E-state index in [0.717, 1.165) is 0 Å². The first-order chi connectivity index (χ1) is 8.08. The summed E-state index contributed by atoms with van der Waals surface area (Å²) in [6.45, 7) is 1.65. The van der Waals surface area contributed by atoms with Gasteiger partial charge in [-0.25, -0.2) is 4.79 Å². The fourth-order valence-electron chi connectivity index (χ4n) is 1.12. The second-order valence-electron chi connectivity index (χ2n) is 2.97. The van der Waals surface area contributed by atoms with Crippen molar-refractivity contribution in [1.82, 2.24) is 0 Å². The summed E-state index contributed by atoms with van der Waals surface area (Å²) in [4.78, 5) is 11.1. The van der Waals surface area contributed by atoms with Crippen molar-refractivity contribution in [1.29, 1.82) is 5.26 Å². The van der Waals surface area contributed by atoms with E-state index in [4.69, 9.17) is 33.2 Å². The Morgan fingerprint density at radius 3 is 2.76 bits per heavy atom. The van der Waals surface area contributed by atoms with Crippen LogP contribution < -0.4 is 4.74 Å². The fourth-order valence-corrected chi connectivity index (χ4v) is 1.67. The molecular formula is C11H9Cl2NO3. The van der Waals surface area contributed by atoms with Gasteiger partial charge in [-0.3, -0.25) is 0 Å². The van der Waals surface area contributed by atoms with Gasteiger partial charge in [0.15, 0.2) is 12.4 Å². The van der Waals surface area contributed by atoms with Gasteiger partial charge >= 0.3 is 5.97 Å². The molecule has 0 aliphatic rings. The molecule has 0 fully saturated rings. The van der Waals surface area contributed by atoms with E-state index in [1.807, 2.05) is 6.07 Å². The zero-order valence-electron chi connectivity index (χ0n) is 9.00. The fraction of sp³-hybridized carbons (Fsp3) is 0.273. The predicted octanol–water partition coefficient (Wildman–Crippen LogP) is 2.81. The molecule has 0 N–H and O–H groups in total. The van der Waals surface area contributed by atoms with Gasteiger partial charge in [-0.05, 0) is 19.1 Å². The van der Waals surface area contributed by atoms with Crippen molar-refractivity contribution in [3.8, 4) is 11.8 Å². The van der Waals surface area contributed by atoms with Crippen molar-refractivity contribution in [2.75, 3.05) is 13.2 Å². The van der Waals surface area contributed by atoms with Crippen molar-refractivity contribution in [3.05, 3.63) is 27.7 Å². The van der Waals surface area contributed by atoms with Crippen LogP contribution in [0.4, 0.5) is 0 Å². The van der Waals surface area contributed by atoms with Crippen LogP contribution in [0.25, 0.3) is 0 Å². The summed E-state index contributed by atoms with van der Waals surface area (Å²) in [5.41, 5.74) is 0.173. The summed E-state index contributed by atoms with van der Waals surface area (Å²) in [7, 11) is 0. The Morgan fingerprint density at radius 2 is 2.18 bits per heavy atom. The Labute approximate surface area is 109 Å². The maximum atomic E-state index is 11.1. The van der Waals surface area contributed by atoms with Gasteiger partial charge in [-0.2, -0.15) is 5.26 Å². The molecule has 0 spiro atoms. The minimum Gasteiger partial charge on any atom is -0.479 e. The Kier molecular flexibility index (Phi) is 5.08. The van der Waals surface area contributed by atoms with Crippen molar-refractivity contribution in [2.24, 2.45) is 0 Å². The van der Waals surface area contributed by atoms with Crippen LogP contribution >= 0.6 is 23.2 Å². The highest BCUT2D eigenvalue weighted by Crippen LogP contribution is 2.31. The molecule has 0 aliphatic heterocycles. The number of carbonyl (C=O) groups is 1. The standard InChI is InChI=1S/C11H9Cl2NO3/c1-2-16-10(15)6-17-11-7(5-14)3-8(12)4-9(11)13/h3-4H,2,6H2,1H3. The van der Waals surface area contributed by atoms with Crippen LogP contribution in [0, 0.1) is 11.3 Å². The quantitative estimate of drug-likeness (QED) is 0.792. The lowest BCUT2D eigenvalue weighted by atomic mass is 10.2.